The Morgan fingerprint density at radius 1 is 1.33 bits per heavy atom. The Bertz CT molecular complexity index is 511. The predicted molar refractivity (Wildman–Crippen MR) is 73.1 cm³/mol. The minimum absolute atomic E-state index is 0. The molecule has 0 saturated carbocycles. The van der Waals surface area contributed by atoms with Gasteiger partial charge in [-0.3, -0.25) is 0 Å². The summed E-state index contributed by atoms with van der Waals surface area (Å²) in [5.41, 5.74) is 1.34. The van der Waals surface area contributed by atoms with E-state index in [1.165, 1.54) is 6.38 Å². The van der Waals surface area contributed by atoms with Crippen molar-refractivity contribution >= 4 is 28.3 Å². The zero-order valence-electron chi connectivity index (χ0n) is 9.95. The first-order chi connectivity index (χ1) is 8.24. The second kappa shape index (κ2) is 7.66. The molecule has 18 heavy (non-hydrogen) atoms. The van der Waals surface area contributed by atoms with Gasteiger partial charge in [-0.25, -0.2) is 4.79 Å². The molecule has 0 radical (unpaired) electrons. The number of nitrogens with zero attached hydrogens (tertiary/aromatic N) is 2. The van der Waals surface area contributed by atoms with E-state index in [1.54, 1.807) is 19.3 Å². The van der Waals surface area contributed by atoms with E-state index in [4.69, 9.17) is 4.74 Å². The van der Waals surface area contributed by atoms with Crippen LogP contribution in [-0.2, 0) is 4.74 Å². The van der Waals surface area contributed by atoms with Gasteiger partial charge in [-0.1, -0.05) is 7.43 Å². The zero-order chi connectivity index (χ0) is 12.8. The van der Waals surface area contributed by atoms with Crippen LogP contribution in [0.2, 0.25) is 0 Å². The minimum Gasteiger partial charge on any atom is -0.461 e. The highest BCUT2D eigenvalue weighted by Crippen LogP contribution is 2.20. The average Bonchev–Trinajstić information content (AvgIpc) is 2.71. The van der Waals surface area contributed by atoms with Gasteiger partial charge in [0.2, 0.25) is 0 Å². The van der Waals surface area contributed by atoms with Crippen LogP contribution in [0.5, 0.6) is 0 Å². The molecule has 0 aromatic carbocycles. The van der Waals surface area contributed by atoms with E-state index < -0.39 is 0 Å². The summed E-state index contributed by atoms with van der Waals surface area (Å²) in [6, 6.07) is 0. The zero-order valence-corrected chi connectivity index (χ0v) is 10.7. The average molecular weight is 272 g/mol. The third-order valence-electron chi connectivity index (χ3n) is 2.20. The van der Waals surface area contributed by atoms with E-state index in [2.05, 4.69) is 26.8 Å². The fraction of sp³-hybridized carbons (Fsp3) is 0.417. The molecule has 2 aromatic rings. The van der Waals surface area contributed by atoms with Gasteiger partial charge < -0.3 is 9.72 Å². The molecular formula is C12H18ClN3O2. The van der Waals surface area contributed by atoms with Crippen LogP contribution >= 0.6 is 11.6 Å². The van der Waals surface area contributed by atoms with Crippen LogP contribution < -0.4 is 0 Å². The van der Waals surface area contributed by atoms with Crippen molar-refractivity contribution in [2.24, 2.45) is 0 Å². The molecule has 5 nitrogen and oxygen atoms in total. The molecule has 6 heteroatoms. The lowest BCUT2D eigenvalue weighted by molar-refractivity contribution is 0.0522. The topological polar surface area (TPSA) is 67.9 Å². The lowest BCUT2D eigenvalue weighted by Gasteiger charge is -1.98. The van der Waals surface area contributed by atoms with Crippen LogP contribution in [0.3, 0.4) is 0 Å². The number of alkyl halides is 1. The van der Waals surface area contributed by atoms with Crippen LogP contribution in [0.15, 0.2) is 12.4 Å². The fourth-order valence-corrected chi connectivity index (χ4v) is 1.51. The van der Waals surface area contributed by atoms with E-state index in [-0.39, 0.29) is 13.4 Å². The second-order valence-electron chi connectivity index (χ2n) is 3.16. The molecule has 2 aromatic heterocycles. The summed E-state index contributed by atoms with van der Waals surface area (Å²) < 4.78 is 4.93. The minimum atomic E-state index is -0.358. The number of carbonyl (C=O) groups is 1. The number of rotatable bonds is 2. The molecule has 0 unspecified atom stereocenters. The number of carbonyl (C=O) groups excluding carboxylic acids is 1. The van der Waals surface area contributed by atoms with Gasteiger partial charge in [0.25, 0.3) is 0 Å². The highest BCUT2D eigenvalue weighted by Gasteiger charge is 2.15. The lowest BCUT2D eigenvalue weighted by Crippen LogP contribution is -2.05. The highest BCUT2D eigenvalue weighted by molar-refractivity contribution is 6.15. The molecule has 0 atom stereocenters. The number of ether oxygens (including phenoxy) is 1. The number of hydrogen-bond donors (Lipinski definition) is 1. The number of hydrogen-bond acceptors (Lipinski definition) is 4. The largest absolute Gasteiger partial charge is 0.461 e. The predicted octanol–water partition coefficient (Wildman–Crippen LogP) is 2.93. The molecule has 1 N–H and O–H groups in total. The standard InChI is InChI=1S/C10H11N3O2.CH3Cl.CH4/c1-3-15-10(14)9-8-5-12-11-4-7(8)6(2)13-9;1-2;/h4-5,13H,3H2,1-2H3;1H3;1H4. The second-order valence-corrected chi connectivity index (χ2v) is 3.16. The van der Waals surface area contributed by atoms with Crippen molar-refractivity contribution in [3.8, 4) is 0 Å². The van der Waals surface area contributed by atoms with E-state index in [9.17, 15) is 4.79 Å². The van der Waals surface area contributed by atoms with Crippen LogP contribution in [-0.4, -0.2) is 34.1 Å². The van der Waals surface area contributed by atoms with Crippen molar-refractivity contribution in [3.05, 3.63) is 23.8 Å². The quantitative estimate of drug-likeness (QED) is 0.674. The molecule has 0 aliphatic heterocycles. The Morgan fingerprint density at radius 3 is 2.44 bits per heavy atom. The van der Waals surface area contributed by atoms with Crippen LogP contribution in [0, 0.1) is 6.92 Å². The maximum absolute atomic E-state index is 11.6. The van der Waals surface area contributed by atoms with Gasteiger partial charge >= 0.3 is 5.97 Å². The normalized spacial score (nSPS) is 9.11. The van der Waals surface area contributed by atoms with Gasteiger partial charge in [0, 0.05) is 22.8 Å². The monoisotopic (exact) mass is 271 g/mol. The van der Waals surface area contributed by atoms with E-state index in [1.807, 2.05) is 6.92 Å². The van der Waals surface area contributed by atoms with Gasteiger partial charge in [-0.05, 0) is 13.8 Å². The maximum Gasteiger partial charge on any atom is 0.355 e. The number of aromatic amines is 1. The SMILES string of the molecule is C.CCOC(=O)c1[nH]c(C)c2cnncc12.CCl. The highest BCUT2D eigenvalue weighted by atomic mass is 35.5. The molecule has 2 heterocycles. The Morgan fingerprint density at radius 2 is 1.89 bits per heavy atom. The Kier molecular flexibility index (Phi) is 6.97. The van der Waals surface area contributed by atoms with E-state index in [0.29, 0.717) is 12.3 Å². The molecule has 0 spiro atoms. The molecular weight excluding hydrogens is 254 g/mol. The molecule has 0 saturated heterocycles. The molecule has 0 aliphatic carbocycles. The molecule has 0 fully saturated rings. The number of esters is 1. The third kappa shape index (κ3) is 3.20. The van der Waals surface area contributed by atoms with E-state index in [0.717, 1.165) is 16.5 Å². The van der Waals surface area contributed by atoms with Crippen molar-refractivity contribution in [1.29, 1.82) is 0 Å². The smallest absolute Gasteiger partial charge is 0.355 e. The lowest BCUT2D eigenvalue weighted by atomic mass is 10.2. The molecule has 0 bridgehead atoms. The molecule has 0 amide bonds. The number of aryl methyl sites for hydroxylation is 1. The van der Waals surface area contributed by atoms with Crippen molar-refractivity contribution in [3.63, 3.8) is 0 Å². The first-order valence-electron chi connectivity index (χ1n) is 5.08. The van der Waals surface area contributed by atoms with Gasteiger partial charge in [-0.15, -0.1) is 11.6 Å². The third-order valence-corrected chi connectivity index (χ3v) is 2.20. The number of aromatic nitrogens is 3. The first kappa shape index (κ1) is 16.4. The Labute approximate surface area is 112 Å². The van der Waals surface area contributed by atoms with Crippen LogP contribution in [0.4, 0.5) is 0 Å². The maximum atomic E-state index is 11.6. The number of H-pyrrole nitrogens is 1. The molecule has 2 rings (SSSR count). The van der Waals surface area contributed by atoms with E-state index >= 15 is 0 Å². The Hall–Kier alpha value is -1.62. The summed E-state index contributed by atoms with van der Waals surface area (Å²) in [6.07, 6.45) is 4.66. The number of fused-ring (bicyclic) bond motifs is 1. The van der Waals surface area contributed by atoms with Gasteiger partial charge in [0.15, 0.2) is 0 Å². The van der Waals surface area contributed by atoms with Gasteiger partial charge in [0.05, 0.1) is 19.0 Å². The summed E-state index contributed by atoms with van der Waals surface area (Å²) in [5, 5.41) is 9.17. The number of halogens is 1. The van der Waals surface area contributed by atoms with Crippen molar-refractivity contribution in [2.45, 2.75) is 21.3 Å². The van der Waals surface area contributed by atoms with Crippen LogP contribution in [0.1, 0.15) is 30.5 Å². The van der Waals surface area contributed by atoms with Gasteiger partial charge in [0.1, 0.15) is 5.69 Å². The van der Waals surface area contributed by atoms with Crippen molar-refractivity contribution < 1.29 is 9.53 Å². The molecule has 100 valence electrons. The number of nitrogens with one attached hydrogen (secondary N) is 1. The van der Waals surface area contributed by atoms with Crippen molar-refractivity contribution in [1.82, 2.24) is 15.2 Å². The molecule has 0 aliphatic rings. The summed E-state index contributed by atoms with van der Waals surface area (Å²) in [5.74, 6) is -0.358. The van der Waals surface area contributed by atoms with Crippen LogP contribution in [0.25, 0.3) is 10.8 Å². The summed E-state index contributed by atoms with van der Waals surface area (Å²) in [4.78, 5) is 14.6. The Balaban J connectivity index is 0.000000917. The van der Waals surface area contributed by atoms with Gasteiger partial charge in [-0.2, -0.15) is 10.2 Å². The summed E-state index contributed by atoms with van der Waals surface area (Å²) >= 11 is 4.64. The summed E-state index contributed by atoms with van der Waals surface area (Å²) in [7, 11) is 0. The first-order valence-corrected chi connectivity index (χ1v) is 5.83. The van der Waals surface area contributed by atoms with Crippen molar-refractivity contribution in [2.75, 3.05) is 13.0 Å². The summed E-state index contributed by atoms with van der Waals surface area (Å²) in [6.45, 7) is 4.01. The fourth-order valence-electron chi connectivity index (χ4n) is 1.51.